The van der Waals surface area contributed by atoms with Crippen molar-refractivity contribution in [3.8, 4) is 0 Å². The lowest BCUT2D eigenvalue weighted by atomic mass is 10.4. The standard InChI is InChI=1S/C10H12ClN3O4S/c11-8-4-7(5-13-10(8)16)19(17,18)14-3-1-2-12-9(15)6-14/h4-5H,1-3,6H2,(H,12,15)(H,13,16). The lowest BCUT2D eigenvalue weighted by molar-refractivity contribution is -0.120. The summed E-state index contributed by atoms with van der Waals surface area (Å²) in [6.07, 6.45) is 1.61. The van der Waals surface area contributed by atoms with Crippen LogP contribution < -0.4 is 10.9 Å². The van der Waals surface area contributed by atoms with Gasteiger partial charge in [0.2, 0.25) is 15.9 Å². The highest BCUT2D eigenvalue weighted by Crippen LogP contribution is 2.17. The molecular formula is C10H12ClN3O4S. The fourth-order valence-electron chi connectivity index (χ4n) is 1.72. The van der Waals surface area contributed by atoms with Gasteiger partial charge in [0.25, 0.3) is 5.56 Å². The maximum atomic E-state index is 12.3. The molecule has 1 aromatic rings. The Balaban J connectivity index is 2.37. The number of rotatable bonds is 2. The summed E-state index contributed by atoms with van der Waals surface area (Å²) in [6, 6.07) is 1.08. The first-order chi connectivity index (χ1) is 8.91. The zero-order valence-electron chi connectivity index (χ0n) is 9.85. The summed E-state index contributed by atoms with van der Waals surface area (Å²) in [5.74, 6) is -0.350. The summed E-state index contributed by atoms with van der Waals surface area (Å²) in [5.41, 5.74) is -0.561. The molecule has 7 nitrogen and oxygen atoms in total. The predicted molar refractivity (Wildman–Crippen MR) is 68.5 cm³/mol. The molecule has 2 heterocycles. The molecule has 2 N–H and O–H groups in total. The zero-order valence-corrected chi connectivity index (χ0v) is 11.4. The summed E-state index contributed by atoms with van der Waals surface area (Å²) in [6.45, 7) is 0.439. The minimum atomic E-state index is -3.84. The van der Waals surface area contributed by atoms with Crippen LogP contribution in [0.15, 0.2) is 22.0 Å². The highest BCUT2D eigenvalue weighted by Gasteiger charge is 2.28. The van der Waals surface area contributed by atoms with Crippen LogP contribution in [0.5, 0.6) is 0 Å². The highest BCUT2D eigenvalue weighted by atomic mass is 35.5. The number of hydrogen-bond acceptors (Lipinski definition) is 4. The molecule has 2 rings (SSSR count). The molecule has 104 valence electrons. The van der Waals surface area contributed by atoms with Gasteiger partial charge in [0, 0.05) is 19.3 Å². The third-order valence-electron chi connectivity index (χ3n) is 2.70. The predicted octanol–water partition coefficient (Wildman–Crippen LogP) is -0.461. The number of amides is 1. The summed E-state index contributed by atoms with van der Waals surface area (Å²) >= 11 is 5.61. The van der Waals surface area contributed by atoms with Gasteiger partial charge in [-0.3, -0.25) is 9.59 Å². The topological polar surface area (TPSA) is 99.3 Å². The van der Waals surface area contributed by atoms with Gasteiger partial charge in [-0.05, 0) is 12.5 Å². The summed E-state index contributed by atoms with van der Waals surface area (Å²) < 4.78 is 25.7. The van der Waals surface area contributed by atoms with Crippen molar-refractivity contribution in [1.29, 1.82) is 0 Å². The number of H-pyrrole nitrogens is 1. The molecule has 0 spiro atoms. The number of carbonyl (C=O) groups excluding carboxylic acids is 1. The second-order valence-corrected chi connectivity index (χ2v) is 6.40. The van der Waals surface area contributed by atoms with E-state index in [9.17, 15) is 18.0 Å². The minimum Gasteiger partial charge on any atom is -0.355 e. The maximum absolute atomic E-state index is 12.3. The van der Waals surface area contributed by atoms with Crippen molar-refractivity contribution in [2.75, 3.05) is 19.6 Å². The molecular weight excluding hydrogens is 294 g/mol. The second kappa shape index (κ2) is 5.32. The average molecular weight is 306 g/mol. The SMILES string of the molecule is O=C1CN(S(=O)(=O)c2c[nH]c(=O)c(Cl)c2)CCCN1. The van der Waals surface area contributed by atoms with Gasteiger partial charge in [0.05, 0.1) is 11.4 Å². The molecule has 19 heavy (non-hydrogen) atoms. The van der Waals surface area contributed by atoms with Crippen LogP contribution in [0.3, 0.4) is 0 Å². The molecule has 1 aliphatic rings. The second-order valence-electron chi connectivity index (χ2n) is 4.05. The van der Waals surface area contributed by atoms with Crippen molar-refractivity contribution < 1.29 is 13.2 Å². The molecule has 0 radical (unpaired) electrons. The highest BCUT2D eigenvalue weighted by molar-refractivity contribution is 7.89. The Labute approximate surface area is 114 Å². The Bertz CT molecular complexity index is 655. The van der Waals surface area contributed by atoms with E-state index in [1.54, 1.807) is 0 Å². The van der Waals surface area contributed by atoms with Crippen molar-refractivity contribution in [3.05, 3.63) is 27.6 Å². The fraction of sp³-hybridized carbons (Fsp3) is 0.400. The Morgan fingerprint density at radius 2 is 2.05 bits per heavy atom. The number of sulfonamides is 1. The van der Waals surface area contributed by atoms with Gasteiger partial charge in [0.1, 0.15) is 5.02 Å². The van der Waals surface area contributed by atoms with Crippen LogP contribution >= 0.6 is 11.6 Å². The van der Waals surface area contributed by atoms with E-state index >= 15 is 0 Å². The van der Waals surface area contributed by atoms with E-state index in [-0.39, 0.29) is 28.9 Å². The smallest absolute Gasteiger partial charge is 0.266 e. The van der Waals surface area contributed by atoms with Crippen molar-refractivity contribution in [3.63, 3.8) is 0 Å². The summed E-state index contributed by atoms with van der Waals surface area (Å²) in [4.78, 5) is 24.6. The van der Waals surface area contributed by atoms with Crippen LogP contribution in [0.25, 0.3) is 0 Å². The Morgan fingerprint density at radius 1 is 1.32 bits per heavy atom. The number of carbonyl (C=O) groups is 1. The van der Waals surface area contributed by atoms with Crippen LogP contribution in [0.1, 0.15) is 6.42 Å². The van der Waals surface area contributed by atoms with Gasteiger partial charge >= 0.3 is 0 Å². The first kappa shape index (κ1) is 14.0. The Kier molecular flexibility index (Phi) is 3.93. The number of hydrogen-bond donors (Lipinski definition) is 2. The van der Waals surface area contributed by atoms with E-state index in [0.29, 0.717) is 13.0 Å². The molecule has 1 aliphatic heterocycles. The van der Waals surface area contributed by atoms with Gasteiger partial charge < -0.3 is 10.3 Å². The van der Waals surface area contributed by atoms with Crippen LogP contribution in [0, 0.1) is 0 Å². The van der Waals surface area contributed by atoms with E-state index in [0.717, 1.165) is 16.6 Å². The van der Waals surface area contributed by atoms with Crippen molar-refractivity contribution in [2.45, 2.75) is 11.3 Å². The Hall–Kier alpha value is -1.38. The minimum absolute atomic E-state index is 0.133. The molecule has 0 unspecified atom stereocenters. The van der Waals surface area contributed by atoms with Gasteiger partial charge in [-0.2, -0.15) is 4.31 Å². The molecule has 1 saturated heterocycles. The normalized spacial score (nSPS) is 17.8. The van der Waals surface area contributed by atoms with Crippen LogP contribution in [0.4, 0.5) is 0 Å². The lowest BCUT2D eigenvalue weighted by Crippen LogP contribution is -2.37. The molecule has 1 fully saturated rings. The molecule has 0 bridgehead atoms. The van der Waals surface area contributed by atoms with Crippen LogP contribution in [-0.2, 0) is 14.8 Å². The van der Waals surface area contributed by atoms with E-state index < -0.39 is 15.6 Å². The molecule has 9 heteroatoms. The van der Waals surface area contributed by atoms with Gasteiger partial charge in [-0.15, -0.1) is 0 Å². The van der Waals surface area contributed by atoms with Gasteiger partial charge in [-0.25, -0.2) is 8.42 Å². The quantitative estimate of drug-likeness (QED) is 0.772. The van der Waals surface area contributed by atoms with Crippen LogP contribution in [-0.4, -0.2) is 43.2 Å². The molecule has 0 aliphatic carbocycles. The summed E-state index contributed by atoms with van der Waals surface area (Å²) in [7, 11) is -3.84. The third-order valence-corrected chi connectivity index (χ3v) is 4.80. The first-order valence-electron chi connectivity index (χ1n) is 5.56. The molecule has 1 amide bonds. The monoisotopic (exact) mass is 305 g/mol. The maximum Gasteiger partial charge on any atom is 0.266 e. The van der Waals surface area contributed by atoms with E-state index in [2.05, 4.69) is 10.3 Å². The zero-order chi connectivity index (χ0) is 14.0. The fourth-order valence-corrected chi connectivity index (χ4v) is 3.39. The average Bonchev–Trinajstić information content (AvgIpc) is 2.57. The van der Waals surface area contributed by atoms with E-state index in [1.165, 1.54) is 0 Å². The van der Waals surface area contributed by atoms with Crippen molar-refractivity contribution in [1.82, 2.24) is 14.6 Å². The largest absolute Gasteiger partial charge is 0.355 e. The third kappa shape index (κ3) is 2.96. The first-order valence-corrected chi connectivity index (χ1v) is 7.38. The number of aromatic nitrogens is 1. The molecule has 1 aromatic heterocycles. The van der Waals surface area contributed by atoms with Gasteiger partial charge in [0.15, 0.2) is 0 Å². The number of pyridine rings is 1. The number of halogens is 1. The lowest BCUT2D eigenvalue weighted by Gasteiger charge is -2.18. The number of nitrogens with zero attached hydrogens (tertiary/aromatic N) is 1. The molecule has 0 aromatic carbocycles. The molecule has 0 atom stereocenters. The number of aromatic amines is 1. The van der Waals surface area contributed by atoms with E-state index in [1.807, 2.05) is 0 Å². The molecule has 0 saturated carbocycles. The Morgan fingerprint density at radius 3 is 2.74 bits per heavy atom. The van der Waals surface area contributed by atoms with Crippen LogP contribution in [0.2, 0.25) is 5.02 Å². The van der Waals surface area contributed by atoms with E-state index in [4.69, 9.17) is 11.6 Å². The van der Waals surface area contributed by atoms with Crippen molar-refractivity contribution >= 4 is 27.5 Å². The van der Waals surface area contributed by atoms with Gasteiger partial charge in [-0.1, -0.05) is 11.6 Å². The summed E-state index contributed by atoms with van der Waals surface area (Å²) in [5, 5.41) is 2.38. The number of nitrogens with one attached hydrogen (secondary N) is 2. The van der Waals surface area contributed by atoms with Crippen molar-refractivity contribution in [2.24, 2.45) is 0 Å².